The van der Waals surface area contributed by atoms with E-state index in [0.717, 1.165) is 11.6 Å². The Morgan fingerprint density at radius 3 is 2.35 bits per heavy atom. The fraction of sp³-hybridized carbons (Fsp3) is 0.615. The Balaban J connectivity index is 2.33. The molecule has 17 heavy (non-hydrogen) atoms. The molecule has 0 spiro atoms. The van der Waals surface area contributed by atoms with Crippen LogP contribution in [0.15, 0.2) is 12.1 Å². The van der Waals surface area contributed by atoms with Gasteiger partial charge in [-0.1, -0.05) is 0 Å². The number of hydrogen-bond acceptors (Lipinski definition) is 3. The van der Waals surface area contributed by atoms with Crippen LogP contribution in [-0.4, -0.2) is 43.6 Å². The molecule has 0 saturated heterocycles. The van der Waals surface area contributed by atoms with E-state index in [4.69, 9.17) is 9.72 Å². The first kappa shape index (κ1) is 13.0. The summed E-state index contributed by atoms with van der Waals surface area (Å²) in [5.74, 6) is 1.93. The van der Waals surface area contributed by atoms with Crippen LogP contribution in [-0.2, 0) is 0 Å². The predicted octanol–water partition coefficient (Wildman–Crippen LogP) is 2.23. The van der Waals surface area contributed by atoms with Crippen LogP contribution >= 0.6 is 0 Å². The third-order valence-electron chi connectivity index (χ3n) is 2.85. The fourth-order valence-electron chi connectivity index (χ4n) is 1.63. The zero-order valence-corrected chi connectivity index (χ0v) is 14.3. The number of nitrogens with zero attached hydrogens (tertiary/aromatic N) is 2. The Bertz CT molecular complexity index is 408. The van der Waals surface area contributed by atoms with Crippen molar-refractivity contribution in [3.63, 3.8) is 0 Å². The van der Waals surface area contributed by atoms with Crippen LogP contribution in [0.4, 0.5) is 5.82 Å². The summed E-state index contributed by atoms with van der Waals surface area (Å²) in [4.78, 5) is 14.0. The summed E-state index contributed by atoms with van der Waals surface area (Å²) in [7, 11) is 4.06. The standard InChI is InChI=1S/C10H13N2O.3CH3.Sn/c1-12(2)10-9(4-3-7-11-10)13-8-5-6-8;;;;/h3-4,8H,5-6H2,1-2H3;3*1H3;. The Labute approximate surface area is 108 Å². The van der Waals surface area contributed by atoms with E-state index in [1.54, 1.807) is 0 Å². The molecule has 4 heteroatoms. The number of hydrogen-bond donors (Lipinski definition) is 0. The third kappa shape index (κ3) is 3.27. The summed E-state index contributed by atoms with van der Waals surface area (Å²) in [5.41, 5.74) is 0. The monoisotopic (exact) mass is 342 g/mol. The van der Waals surface area contributed by atoms with Crippen LogP contribution in [0.25, 0.3) is 0 Å². The van der Waals surface area contributed by atoms with Crippen molar-refractivity contribution in [3.05, 3.63) is 12.1 Å². The number of ether oxygens (including phenoxy) is 1. The molecule has 0 N–H and O–H groups in total. The first-order chi connectivity index (χ1) is 7.88. The molecule has 2 rings (SSSR count). The van der Waals surface area contributed by atoms with Crippen LogP contribution in [0.3, 0.4) is 0 Å². The fourth-order valence-corrected chi connectivity index (χ4v) is 4.56. The van der Waals surface area contributed by atoms with E-state index in [2.05, 4.69) is 31.9 Å². The van der Waals surface area contributed by atoms with Crippen LogP contribution in [0.2, 0.25) is 14.8 Å². The molecule has 0 radical (unpaired) electrons. The molecule has 1 heterocycles. The van der Waals surface area contributed by atoms with Gasteiger partial charge >= 0.3 is 108 Å². The first-order valence-electron chi connectivity index (χ1n) is 6.23. The molecule has 1 fully saturated rings. The van der Waals surface area contributed by atoms with Crippen molar-refractivity contribution in [2.24, 2.45) is 0 Å². The molecule has 0 atom stereocenters. The van der Waals surface area contributed by atoms with Gasteiger partial charge in [0, 0.05) is 0 Å². The molecule has 3 nitrogen and oxygen atoms in total. The number of aromatic nitrogens is 1. The molecule has 1 aromatic rings. The van der Waals surface area contributed by atoms with Crippen LogP contribution in [0.5, 0.6) is 5.75 Å². The second kappa shape index (κ2) is 4.67. The van der Waals surface area contributed by atoms with Crippen molar-refractivity contribution in [3.8, 4) is 5.75 Å². The van der Waals surface area contributed by atoms with Gasteiger partial charge in [0.05, 0.1) is 0 Å². The van der Waals surface area contributed by atoms with Crippen molar-refractivity contribution in [2.45, 2.75) is 33.8 Å². The van der Waals surface area contributed by atoms with Crippen molar-refractivity contribution in [1.82, 2.24) is 4.98 Å². The molecule has 1 aliphatic rings. The van der Waals surface area contributed by atoms with Gasteiger partial charge in [-0.15, -0.1) is 0 Å². The second-order valence-electron chi connectivity index (χ2n) is 5.98. The van der Waals surface area contributed by atoms with E-state index in [9.17, 15) is 0 Å². The van der Waals surface area contributed by atoms with E-state index in [1.165, 1.54) is 16.6 Å². The molecular weight excluding hydrogens is 319 g/mol. The van der Waals surface area contributed by atoms with Crippen molar-refractivity contribution < 1.29 is 4.74 Å². The molecule has 0 unspecified atom stereocenters. The van der Waals surface area contributed by atoms with Gasteiger partial charge in [-0.05, 0) is 0 Å². The summed E-state index contributed by atoms with van der Waals surface area (Å²) in [5, 5.41) is 0. The molecule has 0 bridgehead atoms. The topological polar surface area (TPSA) is 25.4 Å². The van der Waals surface area contributed by atoms with Crippen molar-refractivity contribution in [1.29, 1.82) is 0 Å². The zero-order valence-electron chi connectivity index (χ0n) is 11.4. The number of rotatable bonds is 4. The summed E-state index contributed by atoms with van der Waals surface area (Å²) in [6, 6.07) is 4.28. The summed E-state index contributed by atoms with van der Waals surface area (Å²) < 4.78 is 7.22. The second-order valence-corrected chi connectivity index (χ2v) is 20.3. The number of anilines is 1. The van der Waals surface area contributed by atoms with Crippen LogP contribution < -0.4 is 13.3 Å². The van der Waals surface area contributed by atoms with Gasteiger partial charge < -0.3 is 0 Å². The van der Waals surface area contributed by atoms with Gasteiger partial charge in [0.2, 0.25) is 0 Å². The van der Waals surface area contributed by atoms with E-state index >= 15 is 0 Å². The Morgan fingerprint density at radius 1 is 1.24 bits per heavy atom. The quantitative estimate of drug-likeness (QED) is 0.786. The van der Waals surface area contributed by atoms with E-state index in [0.29, 0.717) is 6.10 Å². The molecule has 1 aliphatic carbocycles. The van der Waals surface area contributed by atoms with Gasteiger partial charge in [0.1, 0.15) is 0 Å². The van der Waals surface area contributed by atoms with Gasteiger partial charge in [0.25, 0.3) is 0 Å². The van der Waals surface area contributed by atoms with Crippen molar-refractivity contribution in [2.75, 3.05) is 19.0 Å². The number of pyridine rings is 1. The van der Waals surface area contributed by atoms with Crippen LogP contribution in [0.1, 0.15) is 12.8 Å². The van der Waals surface area contributed by atoms with E-state index < -0.39 is 18.4 Å². The molecule has 0 amide bonds. The van der Waals surface area contributed by atoms with Gasteiger partial charge in [-0.2, -0.15) is 0 Å². The summed E-state index contributed by atoms with van der Waals surface area (Å²) in [6.45, 7) is 0. The Morgan fingerprint density at radius 2 is 1.88 bits per heavy atom. The molecule has 0 aliphatic heterocycles. The minimum absolute atomic E-state index is 0.430. The average Bonchev–Trinajstić information content (AvgIpc) is 3.00. The van der Waals surface area contributed by atoms with Crippen molar-refractivity contribution >= 4 is 27.9 Å². The van der Waals surface area contributed by atoms with Gasteiger partial charge in [-0.3, -0.25) is 0 Å². The van der Waals surface area contributed by atoms with E-state index in [1.807, 2.05) is 14.1 Å². The van der Waals surface area contributed by atoms with Gasteiger partial charge in [-0.25, -0.2) is 0 Å². The summed E-state index contributed by atoms with van der Waals surface area (Å²) in [6.07, 6.45) is 2.81. The van der Waals surface area contributed by atoms with Gasteiger partial charge in [0.15, 0.2) is 0 Å². The Hall–Kier alpha value is -0.451. The average molecular weight is 341 g/mol. The minimum atomic E-state index is -2.08. The molecule has 94 valence electrons. The van der Waals surface area contributed by atoms with Crippen LogP contribution in [0, 0.1) is 0 Å². The van der Waals surface area contributed by atoms with E-state index in [-0.39, 0.29) is 0 Å². The molecule has 1 saturated carbocycles. The first-order valence-corrected chi connectivity index (χ1v) is 16.2. The molecule has 0 aromatic carbocycles. The SMILES string of the molecule is CN(C)c1n[c]([Sn]([CH3])([CH3])[CH3])ccc1OC1CC1. The molecule has 1 aromatic heterocycles. The summed E-state index contributed by atoms with van der Waals surface area (Å²) >= 11 is -2.08. The normalized spacial score (nSPS) is 15.8. The Kier molecular flexibility index (Phi) is 3.57. The molecular formula is C13H22N2OSn. The zero-order chi connectivity index (χ0) is 12.6. The third-order valence-corrected chi connectivity index (χ3v) is 8.03. The maximum atomic E-state index is 5.90. The maximum absolute atomic E-state index is 5.90. The predicted molar refractivity (Wildman–Crippen MR) is 75.2 cm³/mol.